The topological polar surface area (TPSA) is 8.17 Å². The molecule has 0 atom stereocenters. The van der Waals surface area contributed by atoms with Gasteiger partial charge < -0.3 is 9.47 Å². The molecule has 13 rings (SSSR count). The molecule has 0 spiro atoms. The van der Waals surface area contributed by atoms with Crippen LogP contribution in [0.4, 0.5) is 17.1 Å². The van der Waals surface area contributed by atoms with Crippen LogP contribution in [0.5, 0.6) is 0 Å². The van der Waals surface area contributed by atoms with Crippen molar-refractivity contribution in [2.75, 3.05) is 4.90 Å². The van der Waals surface area contributed by atoms with Crippen molar-refractivity contribution in [3.05, 3.63) is 242 Å². The summed E-state index contributed by atoms with van der Waals surface area (Å²) >= 11 is 0. The minimum Gasteiger partial charge on any atom is -0.310 e. The number of rotatable bonds is 6. The fourth-order valence-corrected chi connectivity index (χ4v) is 11.0. The van der Waals surface area contributed by atoms with Gasteiger partial charge in [0.15, 0.2) is 0 Å². The van der Waals surface area contributed by atoms with E-state index in [-0.39, 0.29) is 5.41 Å². The minimum atomic E-state index is -0.112. The summed E-state index contributed by atoms with van der Waals surface area (Å²) in [5.41, 5.74) is 17.1. The molecule has 0 radical (unpaired) electrons. The molecule has 2 heteroatoms. The highest BCUT2D eigenvalue weighted by Crippen LogP contribution is 2.51. The van der Waals surface area contributed by atoms with E-state index in [9.17, 15) is 0 Å². The third kappa shape index (κ3) is 5.81. The van der Waals surface area contributed by atoms with E-state index in [0.717, 1.165) is 22.7 Å². The Morgan fingerprint density at radius 3 is 1.77 bits per heavy atom. The number of hydrogen-bond donors (Lipinski definition) is 0. The Labute approximate surface area is 378 Å². The second-order valence-electron chi connectivity index (χ2n) is 18.1. The normalized spacial score (nSPS) is 12.9. The van der Waals surface area contributed by atoms with E-state index in [4.69, 9.17) is 0 Å². The van der Waals surface area contributed by atoms with Gasteiger partial charge in [0.2, 0.25) is 0 Å². The molecule has 0 aliphatic heterocycles. The Morgan fingerprint density at radius 1 is 0.338 bits per heavy atom. The first-order valence-electron chi connectivity index (χ1n) is 22.7. The molecule has 2 nitrogen and oxygen atoms in total. The molecule has 0 amide bonds. The molecule has 12 aromatic rings. The van der Waals surface area contributed by atoms with E-state index in [1.54, 1.807) is 0 Å². The van der Waals surface area contributed by atoms with Gasteiger partial charge in [0, 0.05) is 38.9 Å². The predicted octanol–water partition coefficient (Wildman–Crippen LogP) is 17.4. The Hall–Kier alpha value is -8.20. The molecule has 306 valence electrons. The lowest BCUT2D eigenvalue weighted by molar-refractivity contribution is 0.660. The van der Waals surface area contributed by atoms with Crippen LogP contribution in [-0.4, -0.2) is 4.57 Å². The number of nitrogens with zero attached hydrogens (tertiary/aromatic N) is 2. The maximum Gasteiger partial charge on any atom is 0.0547 e. The van der Waals surface area contributed by atoms with Crippen molar-refractivity contribution in [2.45, 2.75) is 19.3 Å². The van der Waals surface area contributed by atoms with Gasteiger partial charge in [0.1, 0.15) is 0 Å². The summed E-state index contributed by atoms with van der Waals surface area (Å²) in [6.45, 7) is 4.72. The minimum absolute atomic E-state index is 0.112. The summed E-state index contributed by atoms with van der Waals surface area (Å²) in [5.74, 6) is 0. The van der Waals surface area contributed by atoms with Crippen molar-refractivity contribution in [1.82, 2.24) is 4.57 Å². The Kier molecular flexibility index (Phi) is 8.29. The fourth-order valence-electron chi connectivity index (χ4n) is 11.0. The summed E-state index contributed by atoms with van der Waals surface area (Å²) in [6.07, 6.45) is 0. The molecule has 65 heavy (non-hydrogen) atoms. The molecule has 0 unspecified atom stereocenters. The number of fused-ring (bicyclic) bond motifs is 10. The lowest BCUT2D eigenvalue weighted by Gasteiger charge is -2.28. The molecule has 1 aliphatic carbocycles. The molecule has 0 saturated heterocycles. The zero-order chi connectivity index (χ0) is 43.2. The van der Waals surface area contributed by atoms with Crippen molar-refractivity contribution in [2.24, 2.45) is 0 Å². The smallest absolute Gasteiger partial charge is 0.0547 e. The molecule has 1 aliphatic rings. The molecule has 0 bridgehead atoms. The van der Waals surface area contributed by atoms with Gasteiger partial charge in [-0.2, -0.15) is 0 Å². The lowest BCUT2D eigenvalue weighted by atomic mass is 9.82. The molecule has 0 fully saturated rings. The van der Waals surface area contributed by atoms with Crippen LogP contribution in [0.3, 0.4) is 0 Å². The van der Waals surface area contributed by atoms with E-state index in [2.05, 4.69) is 254 Å². The Bertz CT molecular complexity index is 3850. The highest BCUT2D eigenvalue weighted by Gasteiger charge is 2.35. The van der Waals surface area contributed by atoms with Crippen LogP contribution in [0.2, 0.25) is 0 Å². The lowest BCUT2D eigenvalue weighted by Crippen LogP contribution is -2.16. The van der Waals surface area contributed by atoms with Gasteiger partial charge in [-0.25, -0.2) is 0 Å². The first-order valence-corrected chi connectivity index (χ1v) is 22.7. The predicted molar refractivity (Wildman–Crippen MR) is 276 cm³/mol. The first-order chi connectivity index (χ1) is 32.0. The SMILES string of the molecule is CC1(C)c2ccccc2-c2ccc(N(c3ccc(-c4ccccc4)cc3)c3ccc4cc(-n5c6cccc(-c7cccc8ccccc78)c6c6c7ccccc7ccc65)ccc4c3)cc21. The van der Waals surface area contributed by atoms with Crippen LogP contribution < -0.4 is 4.90 Å². The molecule has 0 saturated carbocycles. The summed E-state index contributed by atoms with van der Waals surface area (Å²) in [4.78, 5) is 2.42. The van der Waals surface area contributed by atoms with Crippen molar-refractivity contribution in [3.8, 4) is 39.1 Å². The molecule has 1 heterocycles. The largest absolute Gasteiger partial charge is 0.310 e. The summed E-state index contributed by atoms with van der Waals surface area (Å²) in [6, 6.07) is 85.2. The fraction of sp³-hybridized carbons (Fsp3) is 0.0476. The average Bonchev–Trinajstić information content (AvgIpc) is 3.83. The van der Waals surface area contributed by atoms with Crippen molar-refractivity contribution in [1.29, 1.82) is 0 Å². The summed E-state index contributed by atoms with van der Waals surface area (Å²) in [5, 5.41) is 9.96. The van der Waals surface area contributed by atoms with Gasteiger partial charge in [-0.15, -0.1) is 0 Å². The van der Waals surface area contributed by atoms with E-state index >= 15 is 0 Å². The second kappa shape index (κ2) is 14.4. The zero-order valence-electron chi connectivity index (χ0n) is 36.3. The Balaban J connectivity index is 0.974. The van der Waals surface area contributed by atoms with E-state index < -0.39 is 0 Å². The first kappa shape index (κ1) is 37.4. The van der Waals surface area contributed by atoms with Gasteiger partial charge in [-0.3, -0.25) is 0 Å². The van der Waals surface area contributed by atoms with Gasteiger partial charge in [-0.1, -0.05) is 184 Å². The number of hydrogen-bond acceptors (Lipinski definition) is 1. The van der Waals surface area contributed by atoms with Crippen LogP contribution in [0.15, 0.2) is 231 Å². The van der Waals surface area contributed by atoms with Crippen LogP contribution in [0, 0.1) is 0 Å². The van der Waals surface area contributed by atoms with Crippen LogP contribution in [0.25, 0.3) is 93.2 Å². The molecule has 0 N–H and O–H groups in total. The standard InChI is InChI=1S/C63H44N2/c1-63(2)57-24-11-10-21-54(57)55-36-35-50(40-58(55)63)64(47-31-26-42(27-32-47)41-14-4-3-5-15-41)48-33-28-46-39-49(34-29-45(46)38-48)65-59-25-13-23-56(53-22-12-18-43-16-6-8-19-51(43)53)62(59)61-52-20-9-7-17-44(52)30-37-60(61)65/h3-40H,1-2H3. The number of aromatic nitrogens is 1. The van der Waals surface area contributed by atoms with Crippen molar-refractivity contribution >= 4 is 71.2 Å². The van der Waals surface area contributed by atoms with Gasteiger partial charge in [-0.05, 0) is 137 Å². The number of anilines is 3. The quantitative estimate of drug-likeness (QED) is 0.162. The van der Waals surface area contributed by atoms with E-state index in [1.807, 2.05) is 0 Å². The maximum absolute atomic E-state index is 2.48. The van der Waals surface area contributed by atoms with E-state index in [0.29, 0.717) is 0 Å². The Morgan fingerprint density at radius 2 is 0.908 bits per heavy atom. The van der Waals surface area contributed by atoms with Crippen LogP contribution >= 0.6 is 0 Å². The number of benzene rings is 11. The monoisotopic (exact) mass is 828 g/mol. The van der Waals surface area contributed by atoms with Gasteiger partial charge in [0.25, 0.3) is 0 Å². The maximum atomic E-state index is 2.48. The third-order valence-electron chi connectivity index (χ3n) is 14.1. The molecule has 11 aromatic carbocycles. The van der Waals surface area contributed by atoms with Gasteiger partial charge >= 0.3 is 0 Å². The molecular weight excluding hydrogens is 785 g/mol. The molecular formula is C63H44N2. The third-order valence-corrected chi connectivity index (χ3v) is 14.1. The van der Waals surface area contributed by atoms with Crippen LogP contribution in [0.1, 0.15) is 25.0 Å². The zero-order valence-corrected chi connectivity index (χ0v) is 36.3. The second-order valence-corrected chi connectivity index (χ2v) is 18.1. The average molecular weight is 829 g/mol. The highest BCUT2D eigenvalue weighted by atomic mass is 15.1. The summed E-state index contributed by atoms with van der Waals surface area (Å²) in [7, 11) is 0. The van der Waals surface area contributed by atoms with Crippen molar-refractivity contribution in [3.63, 3.8) is 0 Å². The highest BCUT2D eigenvalue weighted by molar-refractivity contribution is 6.26. The van der Waals surface area contributed by atoms with Crippen LogP contribution in [-0.2, 0) is 5.41 Å². The van der Waals surface area contributed by atoms with Gasteiger partial charge in [0.05, 0.1) is 11.0 Å². The summed E-state index contributed by atoms with van der Waals surface area (Å²) < 4.78 is 2.48. The van der Waals surface area contributed by atoms with Crippen molar-refractivity contribution < 1.29 is 0 Å². The molecule has 1 aromatic heterocycles. The van der Waals surface area contributed by atoms with E-state index in [1.165, 1.54) is 98.6 Å².